The molecule has 0 radical (unpaired) electrons. The molecular weight excluding hydrogens is 390 g/mol. The number of benzene rings is 1. The lowest BCUT2D eigenvalue weighted by molar-refractivity contribution is 0.0681. The van der Waals surface area contributed by atoms with Crippen LogP contribution in [0.2, 0.25) is 0 Å². The van der Waals surface area contributed by atoms with Gasteiger partial charge in [0, 0.05) is 0 Å². The molecule has 0 saturated carbocycles. The zero-order chi connectivity index (χ0) is 23.2. The number of nitrogens with two attached hydrogens (primary N) is 1. The van der Waals surface area contributed by atoms with E-state index in [9.17, 15) is 9.59 Å². The van der Waals surface area contributed by atoms with Crippen LogP contribution in [-0.2, 0) is 0 Å². The molecule has 0 atom stereocenters. The van der Waals surface area contributed by atoms with Crippen LogP contribution >= 0.6 is 0 Å². The normalized spacial score (nSPS) is 10.4. The largest absolute Gasteiger partial charge is 0.478 e. The highest BCUT2D eigenvalue weighted by Gasteiger charge is 2.04. The van der Waals surface area contributed by atoms with Crippen LogP contribution in [-0.4, -0.2) is 28.7 Å². The highest BCUT2D eigenvalue weighted by Crippen LogP contribution is 2.13. The van der Waals surface area contributed by atoms with E-state index in [1.807, 2.05) is 0 Å². The van der Waals surface area contributed by atoms with E-state index in [1.54, 1.807) is 0 Å². The van der Waals surface area contributed by atoms with Gasteiger partial charge in [0.05, 0.1) is 11.1 Å². The smallest absolute Gasteiger partial charge is 0.335 e. The Labute approximate surface area is 189 Å². The van der Waals surface area contributed by atoms with E-state index in [2.05, 4.69) is 6.92 Å². The molecule has 5 nitrogen and oxygen atoms in total. The zero-order valence-corrected chi connectivity index (χ0v) is 19.6. The Bertz CT molecular complexity index is 508. The van der Waals surface area contributed by atoms with Gasteiger partial charge in [0.2, 0.25) is 0 Å². The van der Waals surface area contributed by atoms with Crippen LogP contribution in [0.15, 0.2) is 24.3 Å². The second kappa shape index (κ2) is 21.4. The molecule has 0 unspecified atom stereocenters. The van der Waals surface area contributed by atoms with Gasteiger partial charge in [-0.2, -0.15) is 0 Å². The Hall–Kier alpha value is -1.88. The first-order chi connectivity index (χ1) is 15.0. The molecule has 0 aromatic heterocycles. The summed E-state index contributed by atoms with van der Waals surface area (Å²) in [5, 5.41) is 16.9. The summed E-state index contributed by atoms with van der Waals surface area (Å²) in [4.78, 5) is 20.7. The van der Waals surface area contributed by atoms with Gasteiger partial charge in [-0.25, -0.2) is 9.59 Å². The summed E-state index contributed by atoms with van der Waals surface area (Å²) in [6, 6.07) is 5.02. The van der Waals surface area contributed by atoms with Crippen molar-refractivity contribution in [3.63, 3.8) is 0 Å². The molecule has 0 bridgehead atoms. The van der Waals surface area contributed by atoms with Crippen LogP contribution in [0.25, 0.3) is 0 Å². The van der Waals surface area contributed by atoms with Gasteiger partial charge in [0.1, 0.15) is 0 Å². The van der Waals surface area contributed by atoms with Gasteiger partial charge in [-0.05, 0) is 37.2 Å². The van der Waals surface area contributed by atoms with Crippen LogP contribution in [0.5, 0.6) is 0 Å². The predicted molar refractivity (Wildman–Crippen MR) is 129 cm³/mol. The lowest BCUT2D eigenvalue weighted by Crippen LogP contribution is -1.99. The molecule has 31 heavy (non-hydrogen) atoms. The molecule has 0 aliphatic heterocycles. The van der Waals surface area contributed by atoms with Crippen LogP contribution < -0.4 is 5.73 Å². The van der Waals surface area contributed by atoms with Crippen LogP contribution in [0.4, 0.5) is 0 Å². The SMILES string of the molecule is CCCCCCCCCCCCCCCCCCN.O=C(O)c1ccc(C(=O)O)cc1. The number of unbranched alkanes of at least 4 members (excludes halogenated alkanes) is 15. The fourth-order valence-corrected chi connectivity index (χ4v) is 3.45. The molecule has 0 aliphatic carbocycles. The summed E-state index contributed by atoms with van der Waals surface area (Å²) < 4.78 is 0. The molecule has 4 N–H and O–H groups in total. The zero-order valence-electron chi connectivity index (χ0n) is 19.6. The highest BCUT2D eigenvalue weighted by atomic mass is 16.4. The van der Waals surface area contributed by atoms with Crippen molar-refractivity contribution >= 4 is 11.9 Å². The van der Waals surface area contributed by atoms with E-state index in [-0.39, 0.29) is 11.1 Å². The fourth-order valence-electron chi connectivity index (χ4n) is 3.45. The highest BCUT2D eigenvalue weighted by molar-refractivity contribution is 5.91. The van der Waals surface area contributed by atoms with Crippen LogP contribution in [0.1, 0.15) is 130 Å². The number of carbonyl (C=O) groups is 2. The first-order valence-electron chi connectivity index (χ1n) is 12.3. The molecule has 5 heteroatoms. The molecule has 1 rings (SSSR count). The molecule has 0 saturated heterocycles. The lowest BCUT2D eigenvalue weighted by Gasteiger charge is -2.03. The minimum Gasteiger partial charge on any atom is -0.478 e. The van der Waals surface area contributed by atoms with Gasteiger partial charge in [0.15, 0.2) is 0 Å². The first-order valence-corrected chi connectivity index (χ1v) is 12.3. The Morgan fingerprint density at radius 3 is 1.06 bits per heavy atom. The van der Waals surface area contributed by atoms with Gasteiger partial charge in [-0.1, -0.05) is 103 Å². The third-order valence-corrected chi connectivity index (χ3v) is 5.44. The van der Waals surface area contributed by atoms with Crippen LogP contribution in [0, 0.1) is 0 Å². The summed E-state index contributed by atoms with van der Waals surface area (Å²) in [6.45, 7) is 3.16. The van der Waals surface area contributed by atoms with Gasteiger partial charge in [0.25, 0.3) is 0 Å². The average Bonchev–Trinajstić information content (AvgIpc) is 2.77. The molecule has 0 amide bonds. The molecule has 0 heterocycles. The van der Waals surface area contributed by atoms with E-state index in [1.165, 1.54) is 127 Å². The van der Waals surface area contributed by atoms with Crippen molar-refractivity contribution < 1.29 is 19.8 Å². The van der Waals surface area contributed by atoms with Crippen molar-refractivity contribution in [1.82, 2.24) is 0 Å². The third kappa shape index (κ3) is 18.6. The Morgan fingerprint density at radius 2 is 0.839 bits per heavy atom. The summed E-state index contributed by atoms with van der Waals surface area (Å²) in [5.41, 5.74) is 5.65. The van der Waals surface area contributed by atoms with Crippen LogP contribution in [0.3, 0.4) is 0 Å². The maximum absolute atomic E-state index is 10.3. The standard InChI is InChI=1S/C18H39N.C8H6O4/c1-2-3-4-5-6-7-8-9-10-11-12-13-14-15-16-17-18-19;9-7(10)5-1-2-6(4-3-5)8(11)12/h2-19H2,1H3;1-4H,(H,9,10)(H,11,12). The van der Waals surface area contributed by atoms with E-state index >= 15 is 0 Å². The second-order valence-electron chi connectivity index (χ2n) is 8.28. The molecule has 0 spiro atoms. The number of hydrogen-bond acceptors (Lipinski definition) is 3. The summed E-state index contributed by atoms with van der Waals surface area (Å²) in [6.07, 6.45) is 22.9. The number of carboxylic acids is 2. The van der Waals surface area contributed by atoms with Gasteiger partial charge >= 0.3 is 11.9 Å². The number of rotatable bonds is 18. The topological polar surface area (TPSA) is 101 Å². The molecule has 0 aliphatic rings. The number of carboxylic acid groups (broad SMARTS) is 2. The van der Waals surface area contributed by atoms with Crippen molar-refractivity contribution in [2.75, 3.05) is 6.54 Å². The second-order valence-corrected chi connectivity index (χ2v) is 8.28. The molecule has 178 valence electrons. The van der Waals surface area contributed by atoms with E-state index in [4.69, 9.17) is 15.9 Å². The maximum Gasteiger partial charge on any atom is 0.335 e. The van der Waals surface area contributed by atoms with Gasteiger partial charge in [-0.15, -0.1) is 0 Å². The monoisotopic (exact) mass is 435 g/mol. The molecule has 1 aromatic rings. The number of hydrogen-bond donors (Lipinski definition) is 3. The molecule has 1 aromatic carbocycles. The van der Waals surface area contributed by atoms with E-state index in [0.717, 1.165) is 6.54 Å². The lowest BCUT2D eigenvalue weighted by atomic mass is 10.0. The summed E-state index contributed by atoms with van der Waals surface area (Å²) in [7, 11) is 0. The van der Waals surface area contributed by atoms with E-state index < -0.39 is 11.9 Å². The summed E-state index contributed by atoms with van der Waals surface area (Å²) >= 11 is 0. The van der Waals surface area contributed by atoms with Crippen molar-refractivity contribution in [1.29, 1.82) is 0 Å². The first kappa shape index (κ1) is 29.1. The quantitative estimate of drug-likeness (QED) is 0.210. The van der Waals surface area contributed by atoms with E-state index in [0.29, 0.717) is 0 Å². The average molecular weight is 436 g/mol. The Balaban J connectivity index is 0.000000639. The van der Waals surface area contributed by atoms with Gasteiger partial charge in [-0.3, -0.25) is 0 Å². The Kier molecular flexibility index (Phi) is 20.1. The van der Waals surface area contributed by atoms with Crippen molar-refractivity contribution in [3.05, 3.63) is 35.4 Å². The van der Waals surface area contributed by atoms with Crippen molar-refractivity contribution in [2.45, 2.75) is 110 Å². The molecule has 0 fully saturated rings. The molecular formula is C26H45NO4. The van der Waals surface area contributed by atoms with Crippen molar-refractivity contribution in [2.24, 2.45) is 5.73 Å². The maximum atomic E-state index is 10.3. The minimum absolute atomic E-state index is 0.0833. The fraction of sp³-hybridized carbons (Fsp3) is 0.692. The third-order valence-electron chi connectivity index (χ3n) is 5.44. The Morgan fingerprint density at radius 1 is 0.581 bits per heavy atom. The summed E-state index contributed by atoms with van der Waals surface area (Å²) in [5.74, 6) is -2.13. The predicted octanol–water partition coefficient (Wildman–Crippen LogP) is 7.29. The van der Waals surface area contributed by atoms with Crippen molar-refractivity contribution in [3.8, 4) is 0 Å². The number of aromatic carboxylic acids is 2. The minimum atomic E-state index is -1.06. The van der Waals surface area contributed by atoms with Gasteiger partial charge < -0.3 is 15.9 Å².